The topological polar surface area (TPSA) is 48.1 Å². The van der Waals surface area contributed by atoms with Crippen LogP contribution in [0.4, 0.5) is 10.2 Å². The number of pyridine rings is 1. The normalized spacial score (nSPS) is 19.5. The summed E-state index contributed by atoms with van der Waals surface area (Å²) in [6, 6.07) is 12.9. The molecule has 156 valence electrons. The number of H-pyrrole nitrogens is 1. The highest BCUT2D eigenvalue weighted by atomic mass is 19.1. The third-order valence-corrected chi connectivity index (χ3v) is 6.27. The number of nitrogens with one attached hydrogen (secondary N) is 1. The van der Waals surface area contributed by atoms with Crippen molar-refractivity contribution in [2.75, 3.05) is 24.5 Å². The Morgan fingerprint density at radius 3 is 2.70 bits per heavy atom. The SMILES string of the molecule is CC(C)N1CCc2nc(-c3c(-c4ccccc4)ccnc3N3CCC(F)C3)[nH]c2C1. The van der Waals surface area contributed by atoms with Crippen LogP contribution >= 0.6 is 0 Å². The summed E-state index contributed by atoms with van der Waals surface area (Å²) in [5.74, 6) is 1.66. The fourth-order valence-corrected chi connectivity index (χ4v) is 4.57. The second-order valence-corrected chi connectivity index (χ2v) is 8.58. The average Bonchev–Trinajstić information content (AvgIpc) is 3.39. The number of hydrogen-bond acceptors (Lipinski definition) is 4. The molecule has 0 bridgehead atoms. The van der Waals surface area contributed by atoms with Crippen LogP contribution in [-0.4, -0.2) is 51.7 Å². The van der Waals surface area contributed by atoms with Gasteiger partial charge in [-0.3, -0.25) is 4.90 Å². The minimum Gasteiger partial charge on any atom is -0.353 e. The van der Waals surface area contributed by atoms with Crippen molar-refractivity contribution in [2.45, 2.75) is 45.4 Å². The zero-order valence-electron chi connectivity index (χ0n) is 17.6. The van der Waals surface area contributed by atoms with Crippen molar-refractivity contribution >= 4 is 5.82 Å². The van der Waals surface area contributed by atoms with Crippen molar-refractivity contribution in [1.82, 2.24) is 19.9 Å². The summed E-state index contributed by atoms with van der Waals surface area (Å²) >= 11 is 0. The lowest BCUT2D eigenvalue weighted by atomic mass is 10.00. The Balaban J connectivity index is 1.63. The first-order chi connectivity index (χ1) is 14.6. The van der Waals surface area contributed by atoms with E-state index in [1.54, 1.807) is 0 Å². The Hall–Kier alpha value is -2.73. The van der Waals surface area contributed by atoms with Crippen LogP contribution in [0.25, 0.3) is 22.5 Å². The van der Waals surface area contributed by atoms with Crippen LogP contribution < -0.4 is 4.90 Å². The third kappa shape index (κ3) is 3.49. The maximum absolute atomic E-state index is 14.0. The number of nitrogens with zero attached hydrogens (tertiary/aromatic N) is 4. The van der Waals surface area contributed by atoms with Gasteiger partial charge in [0.25, 0.3) is 0 Å². The van der Waals surface area contributed by atoms with Crippen LogP contribution in [0.3, 0.4) is 0 Å². The quantitative estimate of drug-likeness (QED) is 0.697. The van der Waals surface area contributed by atoms with Gasteiger partial charge in [-0.05, 0) is 37.5 Å². The molecule has 3 aromatic rings. The summed E-state index contributed by atoms with van der Waals surface area (Å²) < 4.78 is 14.0. The maximum atomic E-state index is 14.0. The summed E-state index contributed by atoms with van der Waals surface area (Å²) in [6.07, 6.45) is 2.52. The minimum atomic E-state index is -0.801. The maximum Gasteiger partial charge on any atom is 0.142 e. The average molecular weight is 406 g/mol. The summed E-state index contributed by atoms with van der Waals surface area (Å²) in [5, 5.41) is 0. The van der Waals surface area contributed by atoms with Crippen molar-refractivity contribution in [3.63, 3.8) is 0 Å². The molecule has 30 heavy (non-hydrogen) atoms. The Kier molecular flexibility index (Phi) is 5.03. The Labute approximate surface area is 177 Å². The zero-order chi connectivity index (χ0) is 20.7. The molecular formula is C24H28FN5. The number of imidazole rings is 1. The smallest absolute Gasteiger partial charge is 0.142 e. The van der Waals surface area contributed by atoms with E-state index < -0.39 is 6.17 Å². The van der Waals surface area contributed by atoms with E-state index in [4.69, 9.17) is 9.97 Å². The Morgan fingerprint density at radius 1 is 1.13 bits per heavy atom. The fourth-order valence-electron chi connectivity index (χ4n) is 4.57. The van der Waals surface area contributed by atoms with Crippen LogP contribution in [-0.2, 0) is 13.0 Å². The van der Waals surface area contributed by atoms with Gasteiger partial charge in [0.05, 0.1) is 23.5 Å². The van der Waals surface area contributed by atoms with Gasteiger partial charge in [0.2, 0.25) is 0 Å². The first-order valence-electron chi connectivity index (χ1n) is 10.9. The number of aromatic nitrogens is 3. The second-order valence-electron chi connectivity index (χ2n) is 8.58. The van der Waals surface area contributed by atoms with E-state index in [0.29, 0.717) is 25.6 Å². The highest BCUT2D eigenvalue weighted by Crippen LogP contribution is 2.39. The van der Waals surface area contributed by atoms with Crippen molar-refractivity contribution in [2.24, 2.45) is 0 Å². The largest absolute Gasteiger partial charge is 0.353 e. The summed E-state index contributed by atoms with van der Waals surface area (Å²) in [7, 11) is 0. The van der Waals surface area contributed by atoms with E-state index in [-0.39, 0.29) is 0 Å². The van der Waals surface area contributed by atoms with E-state index in [9.17, 15) is 4.39 Å². The molecule has 1 N–H and O–H groups in total. The molecule has 2 aliphatic heterocycles. The molecule has 6 heteroatoms. The first kappa shape index (κ1) is 19.2. The van der Waals surface area contributed by atoms with Gasteiger partial charge in [0.1, 0.15) is 17.8 Å². The van der Waals surface area contributed by atoms with Crippen LogP contribution in [0, 0.1) is 0 Å². The van der Waals surface area contributed by atoms with E-state index in [1.807, 2.05) is 30.5 Å². The summed E-state index contributed by atoms with van der Waals surface area (Å²) in [4.78, 5) is 17.8. The summed E-state index contributed by atoms with van der Waals surface area (Å²) in [6.45, 7) is 7.44. The van der Waals surface area contributed by atoms with E-state index in [1.165, 1.54) is 5.69 Å². The number of alkyl halides is 1. The van der Waals surface area contributed by atoms with E-state index in [2.05, 4.69) is 40.8 Å². The second kappa shape index (κ2) is 7.84. The van der Waals surface area contributed by atoms with Gasteiger partial charge in [-0.25, -0.2) is 14.4 Å². The van der Waals surface area contributed by atoms with Crippen LogP contribution in [0.15, 0.2) is 42.6 Å². The molecule has 1 atom stereocenters. The predicted molar refractivity (Wildman–Crippen MR) is 118 cm³/mol. The Bertz CT molecular complexity index is 1030. The molecule has 0 saturated carbocycles. The lowest BCUT2D eigenvalue weighted by Crippen LogP contribution is -2.35. The number of hydrogen-bond donors (Lipinski definition) is 1. The Morgan fingerprint density at radius 2 is 1.97 bits per heavy atom. The van der Waals surface area contributed by atoms with Gasteiger partial charge >= 0.3 is 0 Å². The third-order valence-electron chi connectivity index (χ3n) is 6.27. The molecule has 2 aromatic heterocycles. The molecule has 1 saturated heterocycles. The minimum absolute atomic E-state index is 0.389. The van der Waals surface area contributed by atoms with Crippen LogP contribution in [0.5, 0.6) is 0 Å². The van der Waals surface area contributed by atoms with Crippen molar-refractivity contribution in [3.05, 3.63) is 54.0 Å². The molecule has 0 amide bonds. The van der Waals surface area contributed by atoms with Crippen molar-refractivity contribution in [1.29, 1.82) is 0 Å². The number of benzene rings is 1. The van der Waals surface area contributed by atoms with Gasteiger partial charge in [-0.1, -0.05) is 30.3 Å². The van der Waals surface area contributed by atoms with Gasteiger partial charge in [-0.2, -0.15) is 0 Å². The molecule has 0 spiro atoms. The van der Waals surface area contributed by atoms with Gasteiger partial charge in [0, 0.05) is 38.3 Å². The molecule has 0 aliphatic carbocycles. The van der Waals surface area contributed by atoms with Crippen molar-refractivity contribution in [3.8, 4) is 22.5 Å². The van der Waals surface area contributed by atoms with Crippen LogP contribution in [0.2, 0.25) is 0 Å². The molecule has 5 rings (SSSR count). The van der Waals surface area contributed by atoms with Gasteiger partial charge < -0.3 is 9.88 Å². The number of halogens is 1. The van der Waals surface area contributed by atoms with Gasteiger partial charge in [-0.15, -0.1) is 0 Å². The number of aromatic amines is 1. The number of anilines is 1. The predicted octanol–water partition coefficient (Wildman–Crippen LogP) is 4.45. The van der Waals surface area contributed by atoms with Crippen LogP contribution in [0.1, 0.15) is 31.7 Å². The lowest BCUT2D eigenvalue weighted by Gasteiger charge is -2.29. The van der Waals surface area contributed by atoms with Gasteiger partial charge in [0.15, 0.2) is 0 Å². The molecule has 0 radical (unpaired) electrons. The molecule has 4 heterocycles. The summed E-state index contributed by atoms with van der Waals surface area (Å²) in [5.41, 5.74) is 5.49. The monoisotopic (exact) mass is 405 g/mol. The number of fused-ring (bicyclic) bond motifs is 1. The first-order valence-corrected chi connectivity index (χ1v) is 10.9. The lowest BCUT2D eigenvalue weighted by molar-refractivity contribution is 0.200. The highest BCUT2D eigenvalue weighted by molar-refractivity contribution is 5.88. The molecule has 2 aliphatic rings. The molecule has 1 fully saturated rings. The number of rotatable bonds is 4. The molecular weight excluding hydrogens is 377 g/mol. The van der Waals surface area contributed by atoms with Crippen molar-refractivity contribution < 1.29 is 4.39 Å². The highest BCUT2D eigenvalue weighted by Gasteiger charge is 2.29. The standard InChI is InChI=1S/C24H28FN5/c1-16(2)29-13-10-20-21(15-29)28-23(27-20)22-19(17-6-4-3-5-7-17)8-11-26-24(22)30-12-9-18(25)14-30/h3-8,11,16,18H,9-10,12-15H2,1-2H3,(H,27,28). The molecule has 1 aromatic carbocycles. The zero-order valence-corrected chi connectivity index (χ0v) is 17.6. The molecule has 5 nitrogen and oxygen atoms in total. The fraction of sp³-hybridized carbons (Fsp3) is 0.417. The molecule has 1 unspecified atom stereocenters. The van der Waals surface area contributed by atoms with E-state index in [0.717, 1.165) is 53.5 Å². The van der Waals surface area contributed by atoms with E-state index >= 15 is 0 Å².